The van der Waals surface area contributed by atoms with Gasteiger partial charge in [0.15, 0.2) is 0 Å². The Hall–Kier alpha value is -5.49. The minimum Gasteiger partial charge on any atom is -0.478 e. The van der Waals surface area contributed by atoms with Crippen LogP contribution in [0.5, 0.6) is 0 Å². The van der Waals surface area contributed by atoms with Crippen LogP contribution in [0.25, 0.3) is 11.1 Å². The van der Waals surface area contributed by atoms with Crippen molar-refractivity contribution >= 4 is 17.8 Å². The van der Waals surface area contributed by atoms with Crippen LogP contribution >= 0.6 is 0 Å². The first-order valence-electron chi connectivity index (χ1n) is 15.5. The molecule has 0 heterocycles. The molecule has 0 fully saturated rings. The molecular formula is C40H35NO5. The van der Waals surface area contributed by atoms with E-state index in [-0.39, 0.29) is 42.0 Å². The van der Waals surface area contributed by atoms with E-state index in [1.165, 1.54) is 11.1 Å². The highest BCUT2D eigenvalue weighted by Crippen LogP contribution is 2.41. The van der Waals surface area contributed by atoms with Gasteiger partial charge in [-0.1, -0.05) is 103 Å². The summed E-state index contributed by atoms with van der Waals surface area (Å²) in [7, 11) is 0. The molecule has 0 aliphatic heterocycles. The Morgan fingerprint density at radius 2 is 1.24 bits per heavy atom. The van der Waals surface area contributed by atoms with Crippen molar-refractivity contribution in [2.45, 2.75) is 38.3 Å². The van der Waals surface area contributed by atoms with Gasteiger partial charge in [0.1, 0.15) is 0 Å². The highest BCUT2D eigenvalue weighted by Gasteiger charge is 2.36. The van der Waals surface area contributed by atoms with Gasteiger partial charge >= 0.3 is 11.9 Å². The predicted molar refractivity (Wildman–Crippen MR) is 178 cm³/mol. The Kier molecular flexibility index (Phi) is 9.06. The van der Waals surface area contributed by atoms with Gasteiger partial charge < -0.3 is 15.1 Å². The number of nitrogens with zero attached hydrogens (tertiary/aromatic N) is 1. The molecule has 1 aliphatic carbocycles. The van der Waals surface area contributed by atoms with Gasteiger partial charge in [-0.3, -0.25) is 4.79 Å². The average molecular weight is 610 g/mol. The van der Waals surface area contributed by atoms with Crippen molar-refractivity contribution in [1.29, 1.82) is 0 Å². The lowest BCUT2D eigenvalue weighted by molar-refractivity contribution is -0.135. The van der Waals surface area contributed by atoms with Crippen LogP contribution in [-0.2, 0) is 30.6 Å². The number of aromatic carboxylic acids is 2. The maximum atomic E-state index is 14.6. The molecule has 5 aromatic carbocycles. The molecule has 6 rings (SSSR count). The van der Waals surface area contributed by atoms with Crippen LogP contribution in [-0.4, -0.2) is 33.0 Å². The number of amides is 1. The number of carboxylic acid groups (broad SMARTS) is 2. The summed E-state index contributed by atoms with van der Waals surface area (Å²) in [4.78, 5) is 39.9. The fourth-order valence-electron chi connectivity index (χ4n) is 6.67. The third-order valence-corrected chi connectivity index (χ3v) is 8.85. The van der Waals surface area contributed by atoms with Gasteiger partial charge in [-0.15, -0.1) is 0 Å². The Morgan fingerprint density at radius 1 is 0.630 bits per heavy atom. The second kappa shape index (κ2) is 13.7. The molecule has 2 atom stereocenters. The Labute approximate surface area is 268 Å². The zero-order chi connectivity index (χ0) is 32.0. The minimum atomic E-state index is -1.01. The molecule has 6 heteroatoms. The Bertz CT molecular complexity index is 1880. The molecule has 0 spiro atoms. The highest BCUT2D eigenvalue weighted by molar-refractivity contribution is 5.89. The third-order valence-electron chi connectivity index (χ3n) is 8.85. The maximum absolute atomic E-state index is 14.6. The standard InChI is InChI=1S/C40H35NO5/c42-37(24-28-11-6-14-31(22-28)32-15-8-17-35(25-32)40(45)46)41(26-29-12-7-16-34(23-29)39(43)44)38-33(21-27-9-2-1-3-10-27)20-19-30-13-4-5-18-36(30)38/h1-18,22-23,25,33,38H,19-21,24,26H2,(H,43,44)(H,45,46). The number of hydrogen-bond donors (Lipinski definition) is 2. The smallest absolute Gasteiger partial charge is 0.335 e. The van der Waals surface area contributed by atoms with Gasteiger partial charge in [0.25, 0.3) is 0 Å². The number of fused-ring (bicyclic) bond motifs is 1. The van der Waals surface area contributed by atoms with Crippen molar-refractivity contribution in [2.75, 3.05) is 0 Å². The second-order valence-electron chi connectivity index (χ2n) is 11.9. The molecule has 2 N–H and O–H groups in total. The number of carboxylic acids is 2. The zero-order valence-electron chi connectivity index (χ0n) is 25.4. The van der Waals surface area contributed by atoms with Crippen molar-refractivity contribution in [1.82, 2.24) is 4.90 Å². The maximum Gasteiger partial charge on any atom is 0.335 e. The Balaban J connectivity index is 1.38. The quantitative estimate of drug-likeness (QED) is 0.168. The van der Waals surface area contributed by atoms with Gasteiger partial charge in [-0.25, -0.2) is 9.59 Å². The van der Waals surface area contributed by atoms with Crippen LogP contribution in [0.3, 0.4) is 0 Å². The van der Waals surface area contributed by atoms with E-state index in [0.717, 1.165) is 47.1 Å². The molecule has 230 valence electrons. The van der Waals surface area contributed by atoms with Crippen molar-refractivity contribution in [3.05, 3.63) is 166 Å². The Morgan fingerprint density at radius 3 is 2.00 bits per heavy atom. The number of carbonyl (C=O) groups is 3. The molecule has 0 aromatic heterocycles. The van der Waals surface area contributed by atoms with E-state index < -0.39 is 11.9 Å². The van der Waals surface area contributed by atoms with E-state index in [1.54, 1.807) is 36.4 Å². The molecule has 5 aromatic rings. The molecule has 1 aliphatic rings. The van der Waals surface area contributed by atoms with Crippen LogP contribution < -0.4 is 0 Å². The summed E-state index contributed by atoms with van der Waals surface area (Å²) >= 11 is 0. The highest BCUT2D eigenvalue weighted by atomic mass is 16.4. The zero-order valence-corrected chi connectivity index (χ0v) is 25.4. The van der Waals surface area contributed by atoms with E-state index in [0.29, 0.717) is 0 Å². The second-order valence-corrected chi connectivity index (χ2v) is 11.9. The molecule has 0 radical (unpaired) electrons. The van der Waals surface area contributed by atoms with Crippen LogP contribution in [0.15, 0.2) is 127 Å². The number of carbonyl (C=O) groups excluding carboxylic acids is 1. The largest absolute Gasteiger partial charge is 0.478 e. The van der Waals surface area contributed by atoms with Gasteiger partial charge in [0, 0.05) is 6.54 Å². The monoisotopic (exact) mass is 609 g/mol. The van der Waals surface area contributed by atoms with E-state index >= 15 is 0 Å². The molecule has 46 heavy (non-hydrogen) atoms. The van der Waals surface area contributed by atoms with E-state index in [1.807, 2.05) is 71.6 Å². The van der Waals surface area contributed by atoms with Gasteiger partial charge in [-0.2, -0.15) is 0 Å². The summed E-state index contributed by atoms with van der Waals surface area (Å²) in [6.45, 7) is 0.268. The van der Waals surface area contributed by atoms with Crippen LogP contribution in [0, 0.1) is 5.92 Å². The lowest BCUT2D eigenvalue weighted by Crippen LogP contribution is -2.42. The first kappa shape index (κ1) is 30.5. The number of hydrogen-bond acceptors (Lipinski definition) is 3. The average Bonchev–Trinajstić information content (AvgIpc) is 3.08. The molecule has 0 saturated heterocycles. The molecule has 2 unspecified atom stereocenters. The van der Waals surface area contributed by atoms with Gasteiger partial charge in [0.2, 0.25) is 5.91 Å². The molecular weight excluding hydrogens is 574 g/mol. The summed E-state index contributed by atoms with van der Waals surface area (Å²) < 4.78 is 0. The van der Waals surface area contributed by atoms with E-state index in [9.17, 15) is 24.6 Å². The van der Waals surface area contributed by atoms with Crippen molar-refractivity contribution < 1.29 is 24.6 Å². The lowest BCUT2D eigenvalue weighted by atomic mass is 9.76. The van der Waals surface area contributed by atoms with E-state index in [4.69, 9.17) is 0 Å². The summed E-state index contributed by atoms with van der Waals surface area (Å²) in [5.41, 5.74) is 7.14. The van der Waals surface area contributed by atoms with Crippen molar-refractivity contribution in [2.24, 2.45) is 5.92 Å². The summed E-state index contributed by atoms with van der Waals surface area (Å²) in [5, 5.41) is 19.2. The first-order chi connectivity index (χ1) is 22.4. The fourth-order valence-corrected chi connectivity index (χ4v) is 6.67. The first-order valence-corrected chi connectivity index (χ1v) is 15.5. The molecule has 6 nitrogen and oxygen atoms in total. The van der Waals surface area contributed by atoms with Crippen molar-refractivity contribution in [3.63, 3.8) is 0 Å². The fraction of sp³-hybridized carbons (Fsp3) is 0.175. The lowest BCUT2D eigenvalue weighted by Gasteiger charge is -2.42. The van der Waals surface area contributed by atoms with Gasteiger partial charge in [0.05, 0.1) is 23.6 Å². The molecule has 0 bridgehead atoms. The van der Waals surface area contributed by atoms with E-state index in [2.05, 4.69) is 24.3 Å². The number of aryl methyl sites for hydroxylation is 1. The molecule has 0 saturated carbocycles. The summed E-state index contributed by atoms with van der Waals surface area (Å²) in [6.07, 6.45) is 2.80. The molecule has 1 amide bonds. The van der Waals surface area contributed by atoms with Crippen molar-refractivity contribution in [3.8, 4) is 11.1 Å². The SMILES string of the molecule is O=C(O)c1cccc(CN(C(=O)Cc2cccc(-c3cccc(C(=O)O)c3)c2)C2c3ccccc3CCC2Cc2ccccc2)c1. The summed E-state index contributed by atoms with van der Waals surface area (Å²) in [5.74, 6) is -1.90. The topological polar surface area (TPSA) is 94.9 Å². The van der Waals surface area contributed by atoms with Gasteiger partial charge in [-0.05, 0) is 88.4 Å². The van der Waals surface area contributed by atoms with Crippen LogP contribution in [0.1, 0.15) is 61.0 Å². The predicted octanol–water partition coefficient (Wildman–Crippen LogP) is 7.87. The minimum absolute atomic E-state index is 0.0584. The summed E-state index contributed by atoms with van der Waals surface area (Å²) in [6, 6.07) is 39.8. The number of rotatable bonds is 10. The normalized spacial score (nSPS) is 15.5. The van der Waals surface area contributed by atoms with Crippen LogP contribution in [0.2, 0.25) is 0 Å². The number of benzene rings is 5. The third kappa shape index (κ3) is 6.92. The van der Waals surface area contributed by atoms with Crippen LogP contribution in [0.4, 0.5) is 0 Å².